The van der Waals surface area contributed by atoms with E-state index >= 15 is 0 Å². The summed E-state index contributed by atoms with van der Waals surface area (Å²) in [5, 5.41) is 8.18. The molecule has 4 rings (SSSR count). The number of hydrogen-bond donors (Lipinski definition) is 1. The van der Waals surface area contributed by atoms with Gasteiger partial charge >= 0.3 is 0 Å². The number of aryl methyl sites for hydroxylation is 1. The molecule has 0 spiro atoms. The molecule has 1 aliphatic heterocycles. The van der Waals surface area contributed by atoms with E-state index in [2.05, 4.69) is 15.2 Å². The monoisotopic (exact) mass is 532 g/mol. The molecule has 0 saturated carbocycles. The molecule has 3 heterocycles. The van der Waals surface area contributed by atoms with E-state index in [1.807, 2.05) is 43.5 Å². The van der Waals surface area contributed by atoms with Crippen LogP contribution in [-0.2, 0) is 34.3 Å². The fourth-order valence-electron chi connectivity index (χ4n) is 4.16. The van der Waals surface area contributed by atoms with E-state index in [0.717, 1.165) is 16.7 Å². The molecule has 0 saturated heterocycles. The molecular weight excluding hydrogens is 504 g/mol. The third kappa shape index (κ3) is 4.96. The number of aromatic nitrogens is 4. The fourth-order valence-corrected chi connectivity index (χ4v) is 6.15. The lowest BCUT2D eigenvalue weighted by molar-refractivity contribution is 0.0996. The molecule has 11 nitrogen and oxygen atoms in total. The zero-order chi connectivity index (χ0) is 26.2. The lowest BCUT2D eigenvalue weighted by atomic mass is 9.99. The van der Waals surface area contributed by atoms with E-state index in [9.17, 15) is 22.0 Å². The number of anilines is 1. The molecule has 1 amide bonds. The quantitative estimate of drug-likeness (QED) is 0.415. The Morgan fingerprint density at radius 1 is 1.25 bits per heavy atom. The molecule has 3 aromatic rings. The minimum absolute atomic E-state index is 0.144. The molecule has 0 fully saturated rings. The maximum absolute atomic E-state index is 13.3. The summed E-state index contributed by atoms with van der Waals surface area (Å²) >= 11 is -2.66. The fraction of sp³-hybridized carbons (Fsp3) is 0.391. The highest BCUT2D eigenvalue weighted by molar-refractivity contribution is 7.99. The highest BCUT2D eigenvalue weighted by atomic mass is 32.3. The predicted octanol–water partition coefficient (Wildman–Crippen LogP) is 2.72. The third-order valence-electron chi connectivity index (χ3n) is 6.15. The minimum Gasteiger partial charge on any atom is -0.310 e. The molecule has 1 N–H and O–H groups in total. The van der Waals surface area contributed by atoms with Gasteiger partial charge in [-0.25, -0.2) is 17.6 Å². The van der Waals surface area contributed by atoms with Crippen molar-refractivity contribution < 1.29 is 22.0 Å². The van der Waals surface area contributed by atoms with Gasteiger partial charge in [0.15, 0.2) is 5.82 Å². The van der Waals surface area contributed by atoms with Crippen molar-refractivity contribution >= 4 is 33.0 Å². The van der Waals surface area contributed by atoms with Crippen LogP contribution in [0.4, 0.5) is 5.82 Å². The lowest BCUT2D eigenvalue weighted by Crippen LogP contribution is -2.35. The summed E-state index contributed by atoms with van der Waals surface area (Å²) in [6.07, 6.45) is 1.84. The Kier molecular flexibility index (Phi) is 7.36. The van der Waals surface area contributed by atoms with Crippen LogP contribution in [0, 0.1) is 6.92 Å². The Labute approximate surface area is 212 Å². The van der Waals surface area contributed by atoms with Gasteiger partial charge in [0.05, 0.1) is 12.3 Å². The summed E-state index contributed by atoms with van der Waals surface area (Å²) in [7, 11) is -3.85. The van der Waals surface area contributed by atoms with Gasteiger partial charge in [-0.15, -0.1) is 10.2 Å². The summed E-state index contributed by atoms with van der Waals surface area (Å²) in [6, 6.07) is 9.19. The number of nitrogens with zero attached hydrogens (tertiary/aromatic N) is 6. The molecular formula is C23H28N6O5S2. The second-order valence-electron chi connectivity index (χ2n) is 8.77. The van der Waals surface area contributed by atoms with Gasteiger partial charge in [-0.2, -0.15) is 0 Å². The SMILES string of the molecule is CCS(=O)(=O)N(CCc1cc2c(cc1C)CN(c1cccc(-c3nncn3C(C)C)n1)C2=O)S(=O)O. The first-order valence-corrected chi connectivity index (χ1v) is 14.1. The van der Waals surface area contributed by atoms with E-state index in [0.29, 0.717) is 33.2 Å². The molecule has 2 aromatic heterocycles. The van der Waals surface area contributed by atoms with Crippen LogP contribution in [0.25, 0.3) is 11.5 Å². The first kappa shape index (κ1) is 26.1. The summed E-state index contributed by atoms with van der Waals surface area (Å²) in [5.74, 6) is 0.601. The normalized spacial score (nSPS) is 14.6. The Morgan fingerprint density at radius 3 is 2.67 bits per heavy atom. The first-order chi connectivity index (χ1) is 17.0. The Bertz CT molecular complexity index is 1440. The van der Waals surface area contributed by atoms with Gasteiger partial charge in [-0.3, -0.25) is 14.2 Å². The van der Waals surface area contributed by atoms with Crippen molar-refractivity contribution in [1.29, 1.82) is 0 Å². The second kappa shape index (κ2) is 10.2. The summed E-state index contributed by atoms with van der Waals surface area (Å²) in [4.78, 5) is 19.6. The standard InChI is InChI=1S/C23H28N6O5S2/c1-5-36(33,34)29(35(31)32)10-9-17-12-19-18(11-16(17)4)13-27(23(19)30)21-8-6-7-20(25-21)22-26-24-14-28(22)15(2)3/h6-8,11-12,14-15H,5,9-10,13H2,1-4H3,(H,31,32). The maximum Gasteiger partial charge on any atom is 0.260 e. The number of amides is 1. The number of fused-ring (bicyclic) bond motifs is 1. The zero-order valence-electron chi connectivity index (χ0n) is 20.4. The summed E-state index contributed by atoms with van der Waals surface area (Å²) in [5.41, 5.74) is 3.55. The molecule has 36 heavy (non-hydrogen) atoms. The van der Waals surface area contributed by atoms with Gasteiger partial charge in [0.1, 0.15) is 17.8 Å². The van der Waals surface area contributed by atoms with E-state index < -0.39 is 21.3 Å². The van der Waals surface area contributed by atoms with Crippen molar-refractivity contribution in [1.82, 2.24) is 23.5 Å². The summed E-state index contributed by atoms with van der Waals surface area (Å²) < 4.78 is 47.8. The van der Waals surface area contributed by atoms with E-state index in [1.54, 1.807) is 23.4 Å². The van der Waals surface area contributed by atoms with Crippen LogP contribution in [0.15, 0.2) is 36.7 Å². The molecule has 192 valence electrons. The van der Waals surface area contributed by atoms with Gasteiger partial charge in [0.2, 0.25) is 21.3 Å². The van der Waals surface area contributed by atoms with E-state index in [-0.39, 0.29) is 30.7 Å². The average molecular weight is 533 g/mol. The lowest BCUT2D eigenvalue weighted by Gasteiger charge is -2.17. The second-order valence-corrected chi connectivity index (χ2v) is 12.1. The number of pyridine rings is 1. The molecule has 1 atom stereocenters. The smallest absolute Gasteiger partial charge is 0.260 e. The molecule has 1 aromatic carbocycles. The van der Waals surface area contributed by atoms with Crippen molar-refractivity contribution in [3.8, 4) is 11.5 Å². The molecule has 0 bridgehead atoms. The van der Waals surface area contributed by atoms with Crippen LogP contribution in [0.3, 0.4) is 0 Å². The molecule has 0 radical (unpaired) electrons. The average Bonchev–Trinajstić information content (AvgIpc) is 3.44. The Morgan fingerprint density at radius 2 is 2.00 bits per heavy atom. The van der Waals surface area contributed by atoms with E-state index in [1.165, 1.54) is 6.92 Å². The van der Waals surface area contributed by atoms with Crippen molar-refractivity contribution in [2.75, 3.05) is 17.2 Å². The largest absolute Gasteiger partial charge is 0.310 e. The molecule has 0 aliphatic carbocycles. The number of benzene rings is 1. The first-order valence-electron chi connectivity index (χ1n) is 11.5. The maximum atomic E-state index is 13.3. The van der Waals surface area contributed by atoms with Gasteiger partial charge in [0, 0.05) is 18.2 Å². The van der Waals surface area contributed by atoms with Crippen LogP contribution in [-0.4, -0.2) is 58.8 Å². The van der Waals surface area contributed by atoms with Crippen LogP contribution >= 0.6 is 0 Å². The highest BCUT2D eigenvalue weighted by Gasteiger charge is 2.31. The summed E-state index contributed by atoms with van der Waals surface area (Å²) in [6.45, 7) is 7.50. The Hall–Kier alpha value is -3.00. The zero-order valence-corrected chi connectivity index (χ0v) is 22.1. The van der Waals surface area contributed by atoms with Crippen molar-refractivity contribution in [2.24, 2.45) is 0 Å². The minimum atomic E-state index is -3.85. The van der Waals surface area contributed by atoms with Crippen LogP contribution in [0.1, 0.15) is 53.9 Å². The molecule has 1 aliphatic rings. The number of hydrogen-bond acceptors (Lipinski definition) is 7. The molecule has 13 heteroatoms. The number of rotatable bonds is 9. The van der Waals surface area contributed by atoms with Crippen LogP contribution in [0.2, 0.25) is 0 Å². The van der Waals surface area contributed by atoms with Gasteiger partial charge < -0.3 is 4.57 Å². The topological polar surface area (TPSA) is 139 Å². The van der Waals surface area contributed by atoms with Crippen molar-refractivity contribution in [3.05, 3.63) is 58.9 Å². The van der Waals surface area contributed by atoms with Gasteiger partial charge in [-0.05, 0) is 69.0 Å². The Balaban J connectivity index is 1.59. The van der Waals surface area contributed by atoms with Gasteiger partial charge in [0.25, 0.3) is 5.91 Å². The van der Waals surface area contributed by atoms with Crippen molar-refractivity contribution in [3.63, 3.8) is 0 Å². The third-order valence-corrected chi connectivity index (χ3v) is 9.28. The number of carbonyl (C=O) groups is 1. The predicted molar refractivity (Wildman–Crippen MR) is 136 cm³/mol. The van der Waals surface area contributed by atoms with Crippen LogP contribution < -0.4 is 4.90 Å². The van der Waals surface area contributed by atoms with Crippen LogP contribution in [0.5, 0.6) is 0 Å². The number of carbonyl (C=O) groups excluding carboxylic acids is 1. The van der Waals surface area contributed by atoms with E-state index in [4.69, 9.17) is 0 Å². The highest BCUT2D eigenvalue weighted by Crippen LogP contribution is 2.31. The molecule has 1 unspecified atom stereocenters. The van der Waals surface area contributed by atoms with Gasteiger partial charge in [-0.1, -0.05) is 15.8 Å². The van der Waals surface area contributed by atoms with Crippen molar-refractivity contribution in [2.45, 2.75) is 46.7 Å². The number of sulfonamides is 1.